The van der Waals surface area contributed by atoms with E-state index in [0.717, 1.165) is 0 Å². The van der Waals surface area contributed by atoms with Gasteiger partial charge in [0.15, 0.2) is 11.4 Å². The molecule has 0 aromatic rings. The minimum absolute atomic E-state index is 0.0527. The van der Waals surface area contributed by atoms with E-state index in [0.29, 0.717) is 6.42 Å². The van der Waals surface area contributed by atoms with Gasteiger partial charge in [-0.1, -0.05) is 34.3 Å². The van der Waals surface area contributed by atoms with E-state index in [-0.39, 0.29) is 11.4 Å². The molecule has 1 aliphatic rings. The number of carbonyl (C=O) groups is 1. The third kappa shape index (κ3) is 1.32. The lowest BCUT2D eigenvalue weighted by Crippen LogP contribution is -2.48. The lowest BCUT2D eigenvalue weighted by molar-refractivity contribution is -0.140. The first-order valence-electron chi connectivity index (χ1n) is 4.96. The lowest BCUT2D eigenvalue weighted by atomic mass is 9.73. The Morgan fingerprint density at radius 1 is 1.47 bits per heavy atom. The molecule has 1 rings (SSSR count). The van der Waals surface area contributed by atoms with Gasteiger partial charge in [-0.15, -0.1) is 0 Å². The van der Waals surface area contributed by atoms with Crippen LogP contribution < -0.4 is 0 Å². The van der Waals surface area contributed by atoms with E-state index in [1.54, 1.807) is 33.8 Å². The molecule has 15 heavy (non-hydrogen) atoms. The molecule has 0 aromatic heterocycles. The summed E-state index contributed by atoms with van der Waals surface area (Å²) in [4.78, 5) is 12.1. The first-order chi connectivity index (χ1) is 6.59. The number of rotatable bonds is 1. The van der Waals surface area contributed by atoms with Crippen LogP contribution in [0.5, 0.6) is 0 Å². The van der Waals surface area contributed by atoms with Crippen LogP contribution in [0.4, 0.5) is 0 Å². The molecule has 0 bridgehead atoms. The molecule has 0 aliphatic heterocycles. The second kappa shape index (κ2) is 2.93. The third-order valence-electron chi connectivity index (χ3n) is 3.38. The fraction of sp³-hybridized carbons (Fsp3) is 0.667. The van der Waals surface area contributed by atoms with Gasteiger partial charge >= 0.3 is 0 Å². The summed E-state index contributed by atoms with van der Waals surface area (Å²) < 4.78 is 0. The maximum atomic E-state index is 12.1. The summed E-state index contributed by atoms with van der Waals surface area (Å²) in [6.07, 6.45) is 0.552. The van der Waals surface area contributed by atoms with Gasteiger partial charge < -0.3 is 5.11 Å². The molecule has 0 aromatic carbocycles. The summed E-state index contributed by atoms with van der Waals surface area (Å²) in [5.41, 5.74) is -2.99. The molecule has 3 heteroatoms. The van der Waals surface area contributed by atoms with Gasteiger partial charge in [0.05, 0.1) is 11.6 Å². The predicted octanol–water partition coefficient (Wildman–Crippen LogP) is 1.82. The van der Waals surface area contributed by atoms with E-state index in [1.807, 2.05) is 0 Å². The zero-order valence-corrected chi connectivity index (χ0v) is 9.72. The van der Waals surface area contributed by atoms with E-state index in [4.69, 9.17) is 5.26 Å². The number of nitrogens with zero attached hydrogens (tertiary/aromatic N) is 1. The lowest BCUT2D eigenvalue weighted by Gasteiger charge is -2.33. The van der Waals surface area contributed by atoms with Crippen molar-refractivity contribution in [2.75, 3.05) is 0 Å². The molecule has 3 nitrogen and oxygen atoms in total. The first-order valence-corrected chi connectivity index (χ1v) is 4.96. The number of carbonyl (C=O) groups excluding carboxylic acids is 1. The maximum absolute atomic E-state index is 12.1. The van der Waals surface area contributed by atoms with Crippen LogP contribution in [-0.4, -0.2) is 16.5 Å². The van der Waals surface area contributed by atoms with Gasteiger partial charge in [0.1, 0.15) is 0 Å². The van der Waals surface area contributed by atoms with Crippen LogP contribution in [-0.2, 0) is 4.79 Å². The van der Waals surface area contributed by atoms with Crippen molar-refractivity contribution in [1.29, 1.82) is 5.26 Å². The van der Waals surface area contributed by atoms with Crippen molar-refractivity contribution >= 4 is 5.78 Å². The van der Waals surface area contributed by atoms with Crippen LogP contribution >= 0.6 is 0 Å². The Labute approximate surface area is 90.4 Å². The summed E-state index contributed by atoms with van der Waals surface area (Å²) in [7, 11) is 0. The Kier molecular flexibility index (Phi) is 2.33. The molecular formula is C12H17NO2. The minimum Gasteiger partial charge on any atom is -0.376 e. The van der Waals surface area contributed by atoms with Crippen LogP contribution in [0.15, 0.2) is 12.2 Å². The highest BCUT2D eigenvalue weighted by Crippen LogP contribution is 2.54. The van der Waals surface area contributed by atoms with Crippen molar-refractivity contribution in [3.05, 3.63) is 12.2 Å². The number of aliphatic hydroxyl groups is 1. The highest BCUT2D eigenvalue weighted by molar-refractivity contribution is 5.98. The van der Waals surface area contributed by atoms with E-state index < -0.39 is 16.4 Å². The average molecular weight is 207 g/mol. The van der Waals surface area contributed by atoms with E-state index >= 15 is 0 Å². The molecule has 1 unspecified atom stereocenters. The Bertz CT molecular complexity index is 374. The van der Waals surface area contributed by atoms with Gasteiger partial charge in [-0.2, -0.15) is 5.26 Å². The van der Waals surface area contributed by atoms with Gasteiger partial charge in [-0.05, 0) is 6.42 Å². The first kappa shape index (κ1) is 11.9. The molecule has 0 radical (unpaired) electrons. The Morgan fingerprint density at radius 2 is 1.93 bits per heavy atom. The molecule has 0 spiro atoms. The van der Waals surface area contributed by atoms with Crippen molar-refractivity contribution in [1.82, 2.24) is 0 Å². The largest absolute Gasteiger partial charge is 0.376 e. The van der Waals surface area contributed by atoms with Crippen molar-refractivity contribution in [3.63, 3.8) is 0 Å². The second-order valence-electron chi connectivity index (χ2n) is 5.57. The molecule has 1 atom stereocenters. The number of ketones is 1. The van der Waals surface area contributed by atoms with Crippen LogP contribution in [0.1, 0.15) is 34.1 Å². The number of Topliss-reactive ketones (excluding diaryl/α,β-unsaturated/α-hetero) is 1. The Morgan fingerprint density at radius 3 is 2.20 bits per heavy atom. The summed E-state index contributed by atoms with van der Waals surface area (Å²) >= 11 is 0. The van der Waals surface area contributed by atoms with Gasteiger partial charge in [0.2, 0.25) is 0 Å². The highest BCUT2D eigenvalue weighted by Gasteiger charge is 2.63. The summed E-state index contributed by atoms with van der Waals surface area (Å²) in [5.74, 6) is -0.299. The Balaban J connectivity index is 3.37. The monoisotopic (exact) mass is 207 g/mol. The number of hydrogen-bond acceptors (Lipinski definition) is 3. The predicted molar refractivity (Wildman–Crippen MR) is 56.9 cm³/mol. The molecule has 82 valence electrons. The topological polar surface area (TPSA) is 61.1 Å². The third-order valence-corrected chi connectivity index (χ3v) is 3.38. The van der Waals surface area contributed by atoms with Gasteiger partial charge in [-0.25, -0.2) is 0 Å². The molecule has 0 saturated heterocycles. The fourth-order valence-electron chi connectivity index (χ4n) is 2.74. The molecule has 1 fully saturated rings. The fourth-order valence-corrected chi connectivity index (χ4v) is 2.74. The SMILES string of the molecule is C=C(C#N)C1(O)C(=O)C(C)(C)CC1(C)C. The normalized spacial score (nSPS) is 32.4. The summed E-state index contributed by atoms with van der Waals surface area (Å²) in [5, 5.41) is 19.2. The summed E-state index contributed by atoms with van der Waals surface area (Å²) in [6, 6.07) is 1.81. The number of nitriles is 1. The standard InChI is InChI=1S/C12H17NO2/c1-8(6-13)12(15)9(14)10(2,3)7-11(12,4)5/h15H,1,7H2,2-5H3. The van der Waals surface area contributed by atoms with Crippen molar-refractivity contribution < 1.29 is 9.90 Å². The molecule has 0 heterocycles. The Hall–Kier alpha value is -1.14. The van der Waals surface area contributed by atoms with Crippen LogP contribution in [0, 0.1) is 22.2 Å². The van der Waals surface area contributed by atoms with Crippen LogP contribution in [0.2, 0.25) is 0 Å². The van der Waals surface area contributed by atoms with E-state index in [1.165, 1.54) is 0 Å². The number of hydrogen-bond donors (Lipinski definition) is 1. The zero-order chi connectivity index (χ0) is 12.1. The quantitative estimate of drug-likeness (QED) is 0.667. The van der Waals surface area contributed by atoms with E-state index in [2.05, 4.69) is 6.58 Å². The van der Waals surface area contributed by atoms with Crippen LogP contribution in [0.3, 0.4) is 0 Å². The van der Waals surface area contributed by atoms with E-state index in [9.17, 15) is 9.90 Å². The molecular weight excluding hydrogens is 190 g/mol. The minimum atomic E-state index is -1.70. The van der Waals surface area contributed by atoms with Crippen molar-refractivity contribution in [2.24, 2.45) is 10.8 Å². The van der Waals surface area contributed by atoms with Crippen molar-refractivity contribution in [2.45, 2.75) is 39.7 Å². The second-order valence-corrected chi connectivity index (χ2v) is 5.57. The maximum Gasteiger partial charge on any atom is 0.175 e. The molecule has 1 aliphatic carbocycles. The average Bonchev–Trinajstić information content (AvgIpc) is 2.22. The molecule has 0 amide bonds. The molecule has 1 saturated carbocycles. The zero-order valence-electron chi connectivity index (χ0n) is 9.72. The van der Waals surface area contributed by atoms with Gasteiger partial charge in [0.25, 0.3) is 0 Å². The van der Waals surface area contributed by atoms with Gasteiger partial charge in [-0.3, -0.25) is 4.79 Å². The highest BCUT2D eigenvalue weighted by atomic mass is 16.3. The molecule has 1 N–H and O–H groups in total. The summed E-state index contributed by atoms with van der Waals surface area (Å²) in [6.45, 7) is 10.7. The van der Waals surface area contributed by atoms with Gasteiger partial charge in [0, 0.05) is 10.8 Å². The smallest absolute Gasteiger partial charge is 0.175 e. The van der Waals surface area contributed by atoms with Crippen LogP contribution in [0.25, 0.3) is 0 Å². The van der Waals surface area contributed by atoms with Crippen molar-refractivity contribution in [3.8, 4) is 6.07 Å².